The van der Waals surface area contributed by atoms with E-state index in [1.807, 2.05) is 18.2 Å². The first-order valence-electron chi connectivity index (χ1n) is 6.38. The lowest BCUT2D eigenvalue weighted by atomic mass is 9.87. The summed E-state index contributed by atoms with van der Waals surface area (Å²) in [6, 6.07) is 15.0. The maximum atomic E-state index is 9.10. The van der Waals surface area contributed by atoms with Gasteiger partial charge in [-0.25, -0.2) is 0 Å². The van der Waals surface area contributed by atoms with E-state index in [0.717, 1.165) is 0 Å². The summed E-state index contributed by atoms with van der Waals surface area (Å²) in [6.45, 7) is 6.44. The zero-order valence-electron chi connectivity index (χ0n) is 11.8. The third-order valence-corrected chi connectivity index (χ3v) is 3.23. The molecule has 2 aromatic rings. The van der Waals surface area contributed by atoms with Crippen molar-refractivity contribution in [1.29, 1.82) is 5.26 Å². The van der Waals surface area contributed by atoms with Crippen LogP contribution in [0, 0.1) is 11.3 Å². The molecule has 0 N–H and O–H groups in total. The molecule has 2 nitrogen and oxygen atoms in total. The van der Waals surface area contributed by atoms with Crippen LogP contribution in [-0.4, -0.2) is 0 Å². The second kappa shape index (κ2) is 5.56. The molecule has 0 aliphatic heterocycles. The highest BCUT2D eigenvalue weighted by Gasteiger charge is 2.14. The molecule has 0 heterocycles. The van der Waals surface area contributed by atoms with Gasteiger partial charge in [-0.1, -0.05) is 44.5 Å². The summed E-state index contributed by atoms with van der Waals surface area (Å²) in [5.41, 5.74) is 1.69. The fourth-order valence-corrected chi connectivity index (χ4v) is 1.99. The van der Waals surface area contributed by atoms with Crippen molar-refractivity contribution in [1.82, 2.24) is 0 Å². The molecule has 0 spiro atoms. The van der Waals surface area contributed by atoms with E-state index in [9.17, 15) is 0 Å². The van der Waals surface area contributed by atoms with Crippen LogP contribution in [0.25, 0.3) is 0 Å². The summed E-state index contributed by atoms with van der Waals surface area (Å²) in [5.74, 6) is 1.18. The smallest absolute Gasteiger partial charge is 0.146 e. The molecule has 2 aromatic carbocycles. The topological polar surface area (TPSA) is 33.0 Å². The normalized spacial score (nSPS) is 10.9. The van der Waals surface area contributed by atoms with Crippen LogP contribution in [0.2, 0.25) is 5.02 Å². The van der Waals surface area contributed by atoms with Crippen molar-refractivity contribution in [3.63, 3.8) is 0 Å². The maximum absolute atomic E-state index is 9.10. The molecule has 0 amide bonds. The van der Waals surface area contributed by atoms with Gasteiger partial charge in [0.25, 0.3) is 0 Å². The first kappa shape index (κ1) is 14.4. The Morgan fingerprint density at radius 1 is 1.10 bits per heavy atom. The van der Waals surface area contributed by atoms with Crippen molar-refractivity contribution >= 4 is 11.6 Å². The number of hydrogen-bond acceptors (Lipinski definition) is 2. The number of nitriles is 1. The Kier molecular flexibility index (Phi) is 4.01. The second-order valence-electron chi connectivity index (χ2n) is 5.63. The minimum Gasteiger partial charge on any atom is -0.456 e. The van der Waals surface area contributed by atoms with Gasteiger partial charge in [0.2, 0.25) is 0 Å². The molecule has 0 saturated heterocycles. The lowest BCUT2D eigenvalue weighted by molar-refractivity contribution is 0.477. The molecule has 3 heteroatoms. The van der Waals surface area contributed by atoms with Crippen LogP contribution in [-0.2, 0) is 5.41 Å². The van der Waals surface area contributed by atoms with Gasteiger partial charge in [-0.15, -0.1) is 0 Å². The molecular formula is C17H16ClNO. The van der Waals surface area contributed by atoms with Gasteiger partial charge >= 0.3 is 0 Å². The van der Waals surface area contributed by atoms with Crippen LogP contribution >= 0.6 is 11.6 Å². The zero-order chi connectivity index (χ0) is 14.8. The molecule has 2 rings (SSSR count). The van der Waals surface area contributed by atoms with Crippen molar-refractivity contribution in [2.45, 2.75) is 26.2 Å². The largest absolute Gasteiger partial charge is 0.456 e. The van der Waals surface area contributed by atoms with Crippen molar-refractivity contribution < 1.29 is 4.74 Å². The SMILES string of the molecule is CC(C)(C)c1cccc(Oc2cc(Cl)ccc2C#N)c1. The summed E-state index contributed by atoms with van der Waals surface area (Å²) in [4.78, 5) is 0. The number of benzene rings is 2. The first-order chi connectivity index (χ1) is 9.40. The van der Waals surface area contributed by atoms with Crippen LogP contribution < -0.4 is 4.74 Å². The van der Waals surface area contributed by atoms with Crippen LogP contribution in [0.5, 0.6) is 11.5 Å². The Hall–Kier alpha value is -1.98. The Labute approximate surface area is 124 Å². The highest BCUT2D eigenvalue weighted by atomic mass is 35.5. The van der Waals surface area contributed by atoms with Crippen LogP contribution in [0.15, 0.2) is 42.5 Å². The Bertz CT molecular complexity index is 665. The summed E-state index contributed by atoms with van der Waals surface area (Å²) in [7, 11) is 0. The Balaban J connectivity index is 2.36. The summed E-state index contributed by atoms with van der Waals surface area (Å²) < 4.78 is 5.81. The van der Waals surface area contributed by atoms with E-state index < -0.39 is 0 Å². The number of halogens is 1. The quantitative estimate of drug-likeness (QED) is 0.750. The van der Waals surface area contributed by atoms with E-state index in [4.69, 9.17) is 21.6 Å². The molecule has 0 aliphatic carbocycles. The molecule has 0 aromatic heterocycles. The van der Waals surface area contributed by atoms with Crippen molar-refractivity contribution in [3.05, 3.63) is 58.6 Å². The predicted octanol–water partition coefficient (Wildman–Crippen LogP) is 5.30. The summed E-state index contributed by atoms with van der Waals surface area (Å²) in [6.07, 6.45) is 0. The van der Waals surface area contributed by atoms with Gasteiger partial charge in [-0.05, 0) is 35.2 Å². The van der Waals surface area contributed by atoms with Crippen LogP contribution in [0.3, 0.4) is 0 Å². The number of hydrogen-bond donors (Lipinski definition) is 0. The van der Waals surface area contributed by atoms with Gasteiger partial charge in [-0.2, -0.15) is 5.26 Å². The fraction of sp³-hybridized carbons (Fsp3) is 0.235. The molecule has 0 bridgehead atoms. The van der Waals surface area contributed by atoms with Crippen molar-refractivity contribution in [2.24, 2.45) is 0 Å². The fourth-order valence-electron chi connectivity index (χ4n) is 1.83. The van der Waals surface area contributed by atoms with Gasteiger partial charge in [-0.3, -0.25) is 0 Å². The standard InChI is InChI=1S/C17H16ClNO/c1-17(2,3)13-5-4-6-15(9-13)20-16-10-14(18)8-7-12(16)11-19/h4-10H,1-3H3. The molecule has 0 radical (unpaired) electrons. The van der Waals surface area contributed by atoms with Gasteiger partial charge in [0.15, 0.2) is 0 Å². The van der Waals surface area contributed by atoms with Crippen molar-refractivity contribution in [2.75, 3.05) is 0 Å². The molecule has 0 aliphatic rings. The zero-order valence-corrected chi connectivity index (χ0v) is 12.5. The highest BCUT2D eigenvalue weighted by Crippen LogP contribution is 2.31. The Morgan fingerprint density at radius 3 is 2.50 bits per heavy atom. The van der Waals surface area contributed by atoms with E-state index in [-0.39, 0.29) is 5.41 Å². The van der Waals surface area contributed by atoms with Crippen LogP contribution in [0.4, 0.5) is 0 Å². The third kappa shape index (κ3) is 3.31. The van der Waals surface area contributed by atoms with E-state index in [1.54, 1.807) is 18.2 Å². The first-order valence-corrected chi connectivity index (χ1v) is 6.76. The maximum Gasteiger partial charge on any atom is 0.146 e. The lowest BCUT2D eigenvalue weighted by Gasteiger charge is -2.19. The monoisotopic (exact) mass is 285 g/mol. The minimum atomic E-state index is 0.0474. The third-order valence-electron chi connectivity index (χ3n) is 2.99. The Morgan fingerprint density at radius 2 is 1.85 bits per heavy atom. The summed E-state index contributed by atoms with van der Waals surface area (Å²) >= 11 is 5.95. The van der Waals surface area contributed by atoms with Gasteiger partial charge in [0.05, 0.1) is 5.56 Å². The molecule has 0 fully saturated rings. The van der Waals surface area contributed by atoms with Gasteiger partial charge < -0.3 is 4.74 Å². The number of rotatable bonds is 2. The minimum absolute atomic E-state index is 0.0474. The summed E-state index contributed by atoms with van der Waals surface area (Å²) in [5, 5.41) is 9.65. The molecular weight excluding hydrogens is 270 g/mol. The predicted molar refractivity (Wildman–Crippen MR) is 81.4 cm³/mol. The lowest BCUT2D eigenvalue weighted by Crippen LogP contribution is -2.10. The van der Waals surface area contributed by atoms with Crippen molar-refractivity contribution in [3.8, 4) is 17.6 Å². The van der Waals surface area contributed by atoms with E-state index >= 15 is 0 Å². The molecule has 20 heavy (non-hydrogen) atoms. The van der Waals surface area contributed by atoms with Gasteiger partial charge in [0, 0.05) is 11.1 Å². The second-order valence-corrected chi connectivity index (χ2v) is 6.07. The van der Waals surface area contributed by atoms with E-state index in [1.165, 1.54) is 5.56 Å². The highest BCUT2D eigenvalue weighted by molar-refractivity contribution is 6.30. The molecule has 0 unspecified atom stereocenters. The van der Waals surface area contributed by atoms with Crippen LogP contribution in [0.1, 0.15) is 31.9 Å². The molecule has 0 atom stereocenters. The van der Waals surface area contributed by atoms with Gasteiger partial charge in [0.1, 0.15) is 17.6 Å². The van der Waals surface area contributed by atoms with E-state index in [2.05, 4.69) is 32.9 Å². The number of ether oxygens (including phenoxy) is 1. The average molecular weight is 286 g/mol. The molecule has 102 valence electrons. The van der Waals surface area contributed by atoms with E-state index in [0.29, 0.717) is 22.1 Å². The number of nitrogens with zero attached hydrogens (tertiary/aromatic N) is 1. The molecule has 0 saturated carbocycles. The average Bonchev–Trinajstić information content (AvgIpc) is 2.38.